The van der Waals surface area contributed by atoms with Crippen LogP contribution in [-0.4, -0.2) is 84.3 Å². The molecule has 0 atom stereocenters. The zero-order chi connectivity index (χ0) is 14.9. The van der Waals surface area contributed by atoms with E-state index < -0.39 is 17.4 Å². The second-order valence-electron chi connectivity index (χ2n) is 5.78. The van der Waals surface area contributed by atoms with E-state index in [1.807, 2.05) is 0 Å². The molecule has 2 aliphatic rings. The smallest absolute Gasteiger partial charge is 0.313 e. The van der Waals surface area contributed by atoms with E-state index in [0.717, 1.165) is 0 Å². The van der Waals surface area contributed by atoms with Crippen molar-refractivity contribution in [2.45, 2.75) is 19.4 Å². The molecular weight excluding hydrogens is 260 g/mol. The molecule has 0 saturated carbocycles. The number of piperazine rings is 2. The van der Waals surface area contributed by atoms with E-state index in [2.05, 4.69) is 5.32 Å². The van der Waals surface area contributed by atoms with Crippen molar-refractivity contribution in [3.63, 3.8) is 0 Å². The van der Waals surface area contributed by atoms with Gasteiger partial charge in [0.25, 0.3) is 0 Å². The van der Waals surface area contributed by atoms with Gasteiger partial charge in [0, 0.05) is 46.3 Å². The first-order chi connectivity index (χ1) is 9.35. The third kappa shape index (κ3) is 2.49. The van der Waals surface area contributed by atoms with Gasteiger partial charge in [-0.15, -0.1) is 0 Å². The van der Waals surface area contributed by atoms with Crippen LogP contribution in [0.1, 0.15) is 13.8 Å². The lowest BCUT2D eigenvalue weighted by atomic mass is 9.97. The minimum Gasteiger partial charge on any atom is -0.342 e. The van der Waals surface area contributed by atoms with Crippen LogP contribution in [0.3, 0.4) is 0 Å². The predicted octanol–water partition coefficient (Wildman–Crippen LogP) is -1.50. The van der Waals surface area contributed by atoms with Crippen LogP contribution in [-0.2, 0) is 14.4 Å². The Balaban J connectivity index is 2.11. The molecule has 0 unspecified atom stereocenters. The topological polar surface area (TPSA) is 73.0 Å². The Morgan fingerprint density at radius 2 is 1.65 bits per heavy atom. The lowest BCUT2D eigenvalue weighted by molar-refractivity contribution is -0.164. The SMILES string of the molecule is CN1CCN(C(=O)C(=O)N2CCNCC2)C(C)(C)C1=O. The van der Waals surface area contributed by atoms with Crippen LogP contribution in [0.4, 0.5) is 0 Å². The molecule has 7 heteroatoms. The monoisotopic (exact) mass is 282 g/mol. The van der Waals surface area contributed by atoms with Crippen molar-refractivity contribution in [2.75, 3.05) is 46.3 Å². The van der Waals surface area contributed by atoms with E-state index in [1.54, 1.807) is 30.7 Å². The maximum Gasteiger partial charge on any atom is 0.313 e. The quantitative estimate of drug-likeness (QED) is 0.549. The molecule has 1 N–H and O–H groups in total. The zero-order valence-corrected chi connectivity index (χ0v) is 12.3. The van der Waals surface area contributed by atoms with Gasteiger partial charge in [-0.05, 0) is 13.8 Å². The summed E-state index contributed by atoms with van der Waals surface area (Å²) in [6, 6.07) is 0. The zero-order valence-electron chi connectivity index (χ0n) is 12.3. The average molecular weight is 282 g/mol. The molecule has 2 saturated heterocycles. The minimum absolute atomic E-state index is 0.134. The van der Waals surface area contributed by atoms with Crippen LogP contribution in [0.25, 0.3) is 0 Å². The maximum absolute atomic E-state index is 12.4. The highest BCUT2D eigenvalue weighted by atomic mass is 16.2. The second-order valence-corrected chi connectivity index (χ2v) is 5.78. The van der Waals surface area contributed by atoms with E-state index in [-0.39, 0.29) is 5.91 Å². The molecule has 0 aromatic heterocycles. The van der Waals surface area contributed by atoms with Gasteiger partial charge in [0.2, 0.25) is 5.91 Å². The molecule has 2 rings (SSSR count). The van der Waals surface area contributed by atoms with Gasteiger partial charge in [-0.3, -0.25) is 14.4 Å². The summed E-state index contributed by atoms with van der Waals surface area (Å²) in [5, 5.41) is 3.14. The molecule has 2 fully saturated rings. The fourth-order valence-corrected chi connectivity index (χ4v) is 2.69. The number of hydrogen-bond acceptors (Lipinski definition) is 4. The van der Waals surface area contributed by atoms with Gasteiger partial charge < -0.3 is 20.0 Å². The highest BCUT2D eigenvalue weighted by molar-refractivity contribution is 6.35. The van der Waals surface area contributed by atoms with Crippen LogP contribution in [0.15, 0.2) is 0 Å². The van der Waals surface area contributed by atoms with Crippen molar-refractivity contribution >= 4 is 17.7 Å². The van der Waals surface area contributed by atoms with Crippen LogP contribution < -0.4 is 5.32 Å². The van der Waals surface area contributed by atoms with Crippen LogP contribution in [0, 0.1) is 0 Å². The van der Waals surface area contributed by atoms with Crippen LogP contribution in [0.2, 0.25) is 0 Å². The summed E-state index contributed by atoms with van der Waals surface area (Å²) in [5.41, 5.74) is -0.965. The lowest BCUT2D eigenvalue weighted by Crippen LogP contribution is -2.66. The Morgan fingerprint density at radius 1 is 1.05 bits per heavy atom. The van der Waals surface area contributed by atoms with Gasteiger partial charge in [-0.1, -0.05) is 0 Å². The molecule has 0 bridgehead atoms. The van der Waals surface area contributed by atoms with Crippen molar-refractivity contribution in [1.82, 2.24) is 20.0 Å². The number of carbonyl (C=O) groups excluding carboxylic acids is 3. The molecule has 0 aliphatic carbocycles. The number of hydrogen-bond donors (Lipinski definition) is 1. The standard InChI is InChI=1S/C13H22N4O3/c1-13(2)12(20)15(3)8-9-17(13)11(19)10(18)16-6-4-14-5-7-16/h14H,4-9H2,1-3H3. The molecule has 0 radical (unpaired) electrons. The third-order valence-electron chi connectivity index (χ3n) is 4.04. The van der Waals surface area contributed by atoms with Gasteiger partial charge in [0.05, 0.1) is 0 Å². The fraction of sp³-hybridized carbons (Fsp3) is 0.769. The van der Waals surface area contributed by atoms with Gasteiger partial charge in [-0.2, -0.15) is 0 Å². The molecule has 0 spiro atoms. The normalized spacial score (nSPS) is 22.9. The lowest BCUT2D eigenvalue weighted by Gasteiger charge is -2.44. The highest BCUT2D eigenvalue weighted by Gasteiger charge is 2.45. The van der Waals surface area contributed by atoms with Crippen molar-refractivity contribution < 1.29 is 14.4 Å². The predicted molar refractivity (Wildman–Crippen MR) is 72.9 cm³/mol. The third-order valence-corrected chi connectivity index (χ3v) is 4.04. The van der Waals surface area contributed by atoms with Gasteiger partial charge in [0.1, 0.15) is 5.54 Å². The molecule has 0 aromatic rings. The van der Waals surface area contributed by atoms with E-state index in [9.17, 15) is 14.4 Å². The molecule has 7 nitrogen and oxygen atoms in total. The van der Waals surface area contributed by atoms with Gasteiger partial charge in [-0.25, -0.2) is 0 Å². The first kappa shape index (κ1) is 14.8. The Morgan fingerprint density at radius 3 is 2.25 bits per heavy atom. The molecule has 2 aliphatic heterocycles. The summed E-state index contributed by atoms with van der Waals surface area (Å²) in [6.45, 7) is 6.70. The van der Waals surface area contributed by atoms with Gasteiger partial charge >= 0.3 is 11.8 Å². The number of likely N-dealkylation sites (N-methyl/N-ethyl adjacent to an activating group) is 1. The molecule has 20 heavy (non-hydrogen) atoms. The summed E-state index contributed by atoms with van der Waals surface area (Å²) in [5.74, 6) is -1.21. The highest BCUT2D eigenvalue weighted by Crippen LogP contribution is 2.22. The van der Waals surface area contributed by atoms with Crippen LogP contribution in [0.5, 0.6) is 0 Å². The Kier molecular flexibility index (Phi) is 3.99. The van der Waals surface area contributed by atoms with Crippen molar-refractivity contribution in [3.8, 4) is 0 Å². The van der Waals surface area contributed by atoms with E-state index in [4.69, 9.17) is 0 Å². The van der Waals surface area contributed by atoms with E-state index >= 15 is 0 Å². The maximum atomic E-state index is 12.4. The van der Waals surface area contributed by atoms with E-state index in [0.29, 0.717) is 39.3 Å². The number of carbonyl (C=O) groups is 3. The number of rotatable bonds is 0. The summed E-state index contributed by atoms with van der Waals surface area (Å²) in [4.78, 5) is 41.4. The minimum atomic E-state index is -0.965. The second kappa shape index (κ2) is 5.40. The van der Waals surface area contributed by atoms with Crippen LogP contribution >= 0.6 is 0 Å². The van der Waals surface area contributed by atoms with Crippen molar-refractivity contribution in [3.05, 3.63) is 0 Å². The summed E-state index contributed by atoms with van der Waals surface area (Å²) < 4.78 is 0. The van der Waals surface area contributed by atoms with E-state index in [1.165, 1.54) is 4.90 Å². The Hall–Kier alpha value is -1.63. The molecule has 2 heterocycles. The molecular formula is C13H22N4O3. The number of amides is 3. The summed E-state index contributed by atoms with van der Waals surface area (Å²) in [6.07, 6.45) is 0. The Labute approximate surface area is 118 Å². The Bertz CT molecular complexity index is 429. The van der Waals surface area contributed by atoms with Gasteiger partial charge in [0.15, 0.2) is 0 Å². The van der Waals surface area contributed by atoms with Crippen molar-refractivity contribution in [1.29, 1.82) is 0 Å². The molecule has 3 amide bonds. The summed E-state index contributed by atoms with van der Waals surface area (Å²) in [7, 11) is 1.71. The number of nitrogens with one attached hydrogen (secondary N) is 1. The van der Waals surface area contributed by atoms with Crippen molar-refractivity contribution in [2.24, 2.45) is 0 Å². The average Bonchev–Trinajstić information content (AvgIpc) is 2.44. The molecule has 0 aromatic carbocycles. The first-order valence-electron chi connectivity index (χ1n) is 6.93. The largest absolute Gasteiger partial charge is 0.342 e. The molecule has 112 valence electrons. The fourth-order valence-electron chi connectivity index (χ4n) is 2.69. The summed E-state index contributed by atoms with van der Waals surface area (Å²) >= 11 is 0. The number of nitrogens with zero attached hydrogens (tertiary/aromatic N) is 3. The first-order valence-corrected chi connectivity index (χ1v) is 6.93.